The van der Waals surface area contributed by atoms with Gasteiger partial charge >= 0.3 is 0 Å². The van der Waals surface area contributed by atoms with Crippen LogP contribution in [-0.4, -0.2) is 61.2 Å². The number of rotatable bonds is 9. The molecule has 2 amide bonds. The summed E-state index contributed by atoms with van der Waals surface area (Å²) in [4.78, 5) is 50.8. The lowest BCUT2D eigenvalue weighted by Gasteiger charge is -2.33. The highest BCUT2D eigenvalue weighted by Crippen LogP contribution is 2.42. The molecule has 2 fully saturated rings. The number of aromatic nitrogens is 5. The largest absolute Gasteiger partial charge is 0.383 e. The molecule has 0 atom stereocenters. The van der Waals surface area contributed by atoms with E-state index in [0.29, 0.717) is 52.7 Å². The smallest absolute Gasteiger partial charge is 0.268 e. The van der Waals surface area contributed by atoms with Crippen molar-refractivity contribution < 1.29 is 18.7 Å². The van der Waals surface area contributed by atoms with Crippen molar-refractivity contribution in [3.8, 4) is 16.9 Å². The predicted molar refractivity (Wildman–Crippen MR) is 187 cm³/mol. The number of piperidine rings is 1. The van der Waals surface area contributed by atoms with E-state index in [1.807, 2.05) is 35.6 Å². The number of amides is 2. The molecule has 2 aliphatic rings. The van der Waals surface area contributed by atoms with Crippen LogP contribution in [0.25, 0.3) is 28.0 Å². The third-order valence-corrected chi connectivity index (χ3v) is 9.51. The molecule has 7 rings (SSSR count). The van der Waals surface area contributed by atoms with Crippen molar-refractivity contribution in [2.45, 2.75) is 58.1 Å². The number of nitrogen functional groups attached to an aromatic ring is 1. The Morgan fingerprint density at radius 3 is 2.36 bits per heavy atom. The molecule has 1 aliphatic carbocycles. The molecule has 0 radical (unpaired) electrons. The van der Waals surface area contributed by atoms with E-state index in [4.69, 9.17) is 15.6 Å². The fourth-order valence-corrected chi connectivity index (χ4v) is 6.79. The Kier molecular flexibility index (Phi) is 8.91. The predicted octanol–water partition coefficient (Wildman–Crippen LogP) is 5.46. The molecule has 0 unspecified atom stereocenters. The summed E-state index contributed by atoms with van der Waals surface area (Å²) in [6, 6.07) is 14.5. The molecule has 1 aliphatic heterocycles. The number of nitrogens with one attached hydrogen (secondary N) is 1. The zero-order chi connectivity index (χ0) is 35.1. The molecule has 4 heterocycles. The first kappa shape index (κ1) is 33.1. The number of carbonyl (C=O) groups excluding carboxylic acids is 2. The van der Waals surface area contributed by atoms with Gasteiger partial charge in [-0.15, -0.1) is 0 Å². The number of hydrogen-bond acceptors (Lipinski definition) is 8. The number of methoxy groups -OCH3 is 1. The lowest BCUT2D eigenvalue weighted by molar-refractivity contribution is -0.135. The fourth-order valence-electron chi connectivity index (χ4n) is 6.79. The van der Waals surface area contributed by atoms with E-state index in [2.05, 4.69) is 15.3 Å². The monoisotopic (exact) mass is 678 g/mol. The maximum absolute atomic E-state index is 13.9. The van der Waals surface area contributed by atoms with Crippen molar-refractivity contribution in [2.24, 2.45) is 5.92 Å². The number of carbonyl (C=O) groups is 2. The molecular formula is C37H39FN8O4. The van der Waals surface area contributed by atoms with E-state index in [1.165, 1.54) is 35.2 Å². The molecule has 258 valence electrons. The van der Waals surface area contributed by atoms with Crippen LogP contribution in [0, 0.1) is 11.7 Å². The van der Waals surface area contributed by atoms with E-state index in [9.17, 15) is 18.8 Å². The van der Waals surface area contributed by atoms with Crippen LogP contribution in [0.5, 0.6) is 0 Å². The second-order valence-corrected chi connectivity index (χ2v) is 13.3. The Bertz CT molecular complexity index is 2130. The summed E-state index contributed by atoms with van der Waals surface area (Å²) in [5, 5.41) is 8.48. The van der Waals surface area contributed by atoms with Crippen molar-refractivity contribution >= 4 is 34.4 Å². The van der Waals surface area contributed by atoms with Gasteiger partial charge in [0, 0.05) is 43.1 Å². The molecule has 0 spiro atoms. The van der Waals surface area contributed by atoms with Crippen molar-refractivity contribution in [1.29, 1.82) is 0 Å². The van der Waals surface area contributed by atoms with Crippen molar-refractivity contribution in [1.82, 2.24) is 29.2 Å². The van der Waals surface area contributed by atoms with Crippen molar-refractivity contribution in [3.05, 3.63) is 93.9 Å². The minimum atomic E-state index is -0.556. The molecule has 12 nitrogen and oxygen atoms in total. The SMILES string of the molecule is COCc1c(C2CC2)cc(C(=O)Nc2ccc(-c3nn(C4CCN(C(=O)C(C)C)CC4)c4ncnc(N)c34)cc2)c(=O)n1-c1ccc(F)cc1. The highest BCUT2D eigenvalue weighted by molar-refractivity contribution is 6.04. The Morgan fingerprint density at radius 2 is 1.72 bits per heavy atom. The van der Waals surface area contributed by atoms with Gasteiger partial charge in [0.25, 0.3) is 11.5 Å². The first-order valence-electron chi connectivity index (χ1n) is 16.9. The van der Waals surface area contributed by atoms with Crippen LogP contribution >= 0.6 is 0 Å². The van der Waals surface area contributed by atoms with E-state index in [1.54, 1.807) is 25.3 Å². The van der Waals surface area contributed by atoms with Crippen LogP contribution < -0.4 is 16.6 Å². The van der Waals surface area contributed by atoms with Gasteiger partial charge in [0.2, 0.25) is 5.91 Å². The van der Waals surface area contributed by atoms with Crippen LogP contribution in [0.15, 0.2) is 65.7 Å². The Balaban J connectivity index is 1.17. The number of benzene rings is 2. The second-order valence-electron chi connectivity index (χ2n) is 13.3. The average molecular weight is 679 g/mol. The highest BCUT2D eigenvalue weighted by atomic mass is 19.1. The van der Waals surface area contributed by atoms with Gasteiger partial charge in [-0.05, 0) is 79.6 Å². The van der Waals surface area contributed by atoms with Crippen LogP contribution in [0.4, 0.5) is 15.9 Å². The van der Waals surface area contributed by atoms with Crippen LogP contribution in [0.1, 0.15) is 73.1 Å². The van der Waals surface area contributed by atoms with Gasteiger partial charge in [-0.2, -0.15) is 5.10 Å². The molecule has 0 bridgehead atoms. The van der Waals surface area contributed by atoms with Gasteiger partial charge in [-0.25, -0.2) is 19.0 Å². The molecule has 5 aromatic rings. The number of nitrogens with zero attached hydrogens (tertiary/aromatic N) is 6. The van der Waals surface area contributed by atoms with Crippen LogP contribution in [-0.2, 0) is 16.1 Å². The van der Waals surface area contributed by atoms with Crippen LogP contribution in [0.2, 0.25) is 0 Å². The van der Waals surface area contributed by atoms with Crippen molar-refractivity contribution in [2.75, 3.05) is 31.2 Å². The summed E-state index contributed by atoms with van der Waals surface area (Å²) < 4.78 is 22.6. The summed E-state index contributed by atoms with van der Waals surface area (Å²) >= 11 is 0. The van der Waals surface area contributed by atoms with E-state index < -0.39 is 17.3 Å². The summed E-state index contributed by atoms with van der Waals surface area (Å²) in [5.74, 6) is -0.366. The molecule has 13 heteroatoms. The third kappa shape index (κ3) is 6.24. The van der Waals surface area contributed by atoms with E-state index in [-0.39, 0.29) is 36.0 Å². The number of ether oxygens (including phenoxy) is 1. The number of anilines is 2. The first-order chi connectivity index (χ1) is 24.1. The molecule has 1 saturated heterocycles. The fraction of sp³-hybridized carbons (Fsp3) is 0.351. The summed E-state index contributed by atoms with van der Waals surface area (Å²) in [7, 11) is 1.55. The normalized spacial score (nSPS) is 15.2. The number of nitrogens with two attached hydrogens (primary N) is 1. The van der Waals surface area contributed by atoms with Gasteiger partial charge in [-0.1, -0.05) is 26.0 Å². The summed E-state index contributed by atoms with van der Waals surface area (Å²) in [6.45, 7) is 5.27. The zero-order valence-electron chi connectivity index (χ0n) is 28.2. The molecule has 3 N–H and O–H groups in total. The van der Waals surface area contributed by atoms with E-state index in [0.717, 1.165) is 36.8 Å². The number of halogens is 1. The highest BCUT2D eigenvalue weighted by Gasteiger charge is 2.31. The standard InChI is InChI=1S/C37H39FN8O4/c1-21(2)36(48)44-16-14-27(15-17-44)46-34-31(33(39)40-20-41-34)32(43-46)23-6-10-25(11-7-23)42-35(47)29-18-28(22-4-5-22)30(19-50-3)45(37(29)49)26-12-8-24(38)9-13-26/h6-13,18,20-22,27H,4-5,14-17,19H2,1-3H3,(H,42,47)(H2,39,40,41). The minimum absolute atomic E-state index is 0.0176. The van der Waals surface area contributed by atoms with Crippen LogP contribution in [0.3, 0.4) is 0 Å². The molecular weight excluding hydrogens is 639 g/mol. The quantitative estimate of drug-likeness (QED) is 0.209. The summed E-state index contributed by atoms with van der Waals surface area (Å²) in [6.07, 6.45) is 4.79. The Hall–Kier alpha value is -5.43. The minimum Gasteiger partial charge on any atom is -0.383 e. The second kappa shape index (κ2) is 13.5. The van der Waals surface area contributed by atoms with E-state index >= 15 is 0 Å². The first-order valence-corrected chi connectivity index (χ1v) is 16.9. The number of fused-ring (bicyclic) bond motifs is 1. The van der Waals surface area contributed by atoms with Gasteiger partial charge in [0.1, 0.15) is 29.2 Å². The maximum atomic E-state index is 13.9. The number of pyridine rings is 1. The average Bonchev–Trinajstić information content (AvgIpc) is 3.89. The Morgan fingerprint density at radius 1 is 1.02 bits per heavy atom. The molecule has 3 aromatic heterocycles. The molecule has 1 saturated carbocycles. The lowest BCUT2D eigenvalue weighted by atomic mass is 10.0. The van der Waals surface area contributed by atoms with Gasteiger partial charge in [-0.3, -0.25) is 19.0 Å². The number of likely N-dealkylation sites (tertiary alicyclic amines) is 1. The molecule has 50 heavy (non-hydrogen) atoms. The van der Waals surface area contributed by atoms with Gasteiger partial charge < -0.3 is 20.7 Å². The van der Waals surface area contributed by atoms with Gasteiger partial charge in [0.05, 0.1) is 23.7 Å². The lowest BCUT2D eigenvalue weighted by Crippen LogP contribution is -2.41. The maximum Gasteiger partial charge on any atom is 0.268 e. The van der Waals surface area contributed by atoms with Crippen molar-refractivity contribution in [3.63, 3.8) is 0 Å². The van der Waals surface area contributed by atoms with Gasteiger partial charge in [0.15, 0.2) is 5.65 Å². The third-order valence-electron chi connectivity index (χ3n) is 9.51. The molecule has 2 aromatic carbocycles. The summed E-state index contributed by atoms with van der Waals surface area (Å²) in [5.41, 5.74) is 10.3. The topological polar surface area (TPSA) is 150 Å². The Labute approximate surface area is 288 Å². The zero-order valence-corrected chi connectivity index (χ0v) is 28.2. The number of hydrogen-bond donors (Lipinski definition) is 2.